The number of carbonyl (C=O) groups is 1. The summed E-state index contributed by atoms with van der Waals surface area (Å²) in [5, 5.41) is 28.4. The van der Waals surface area contributed by atoms with Crippen LogP contribution in [0.5, 0.6) is 0 Å². The smallest absolute Gasteiger partial charge is 0.322 e. The zero-order valence-electron chi connectivity index (χ0n) is 11.4. The number of nitrogens with zero attached hydrogens (tertiary/aromatic N) is 1. The number of carboxylic acids is 1. The van der Waals surface area contributed by atoms with E-state index in [-0.39, 0.29) is 11.3 Å². The summed E-state index contributed by atoms with van der Waals surface area (Å²) in [7, 11) is -4.05. The van der Waals surface area contributed by atoms with Gasteiger partial charge in [-0.25, -0.2) is 8.42 Å². The molecule has 116 valence electrons. The van der Waals surface area contributed by atoms with E-state index in [1.165, 1.54) is 12.1 Å². The molecule has 1 heterocycles. The van der Waals surface area contributed by atoms with Crippen molar-refractivity contribution >= 4 is 16.0 Å². The van der Waals surface area contributed by atoms with Crippen LogP contribution in [0.15, 0.2) is 29.2 Å². The summed E-state index contributed by atoms with van der Waals surface area (Å²) in [5.41, 5.74) is 0.873. The highest BCUT2D eigenvalue weighted by molar-refractivity contribution is 7.89. The fraction of sp³-hybridized carbons (Fsp3) is 0.462. The second-order valence-corrected chi connectivity index (χ2v) is 7.00. The summed E-state index contributed by atoms with van der Waals surface area (Å²) in [4.78, 5) is 11.2. The number of β-amino-alcohol motifs (C(OH)–C–C–N with tert-alkyl or cyclic N) is 1. The van der Waals surface area contributed by atoms with Crippen LogP contribution in [0, 0.1) is 6.92 Å². The number of rotatable bonds is 3. The van der Waals surface area contributed by atoms with Crippen molar-refractivity contribution in [1.29, 1.82) is 0 Å². The van der Waals surface area contributed by atoms with Crippen LogP contribution in [0.1, 0.15) is 12.0 Å². The Morgan fingerprint density at radius 3 is 2.29 bits per heavy atom. The molecule has 1 aromatic carbocycles. The molecule has 0 unspecified atom stereocenters. The third kappa shape index (κ3) is 3.08. The Labute approximate surface area is 122 Å². The molecule has 0 bridgehead atoms. The number of aliphatic carboxylic acids is 1. The molecule has 8 heteroatoms. The maximum absolute atomic E-state index is 12.5. The Hall–Kier alpha value is -1.48. The van der Waals surface area contributed by atoms with Gasteiger partial charge in [-0.2, -0.15) is 4.31 Å². The lowest BCUT2D eigenvalue weighted by Gasteiger charge is -2.37. The van der Waals surface area contributed by atoms with E-state index in [9.17, 15) is 23.4 Å². The second-order valence-electron chi connectivity index (χ2n) is 5.11. The average molecular weight is 315 g/mol. The summed E-state index contributed by atoms with van der Waals surface area (Å²) in [6, 6.07) is 4.60. The lowest BCUT2D eigenvalue weighted by molar-refractivity contribution is -0.146. The first-order valence-electron chi connectivity index (χ1n) is 6.41. The highest BCUT2D eigenvalue weighted by atomic mass is 32.2. The number of aliphatic hydroxyl groups excluding tert-OH is 2. The highest BCUT2D eigenvalue weighted by Gasteiger charge is 2.44. The van der Waals surface area contributed by atoms with Crippen molar-refractivity contribution < 1.29 is 28.5 Å². The Morgan fingerprint density at radius 1 is 1.19 bits per heavy atom. The molecular formula is C13H17NO6S. The van der Waals surface area contributed by atoms with Crippen molar-refractivity contribution in [2.24, 2.45) is 0 Å². The van der Waals surface area contributed by atoms with Crippen LogP contribution >= 0.6 is 0 Å². The van der Waals surface area contributed by atoms with Gasteiger partial charge >= 0.3 is 5.97 Å². The van der Waals surface area contributed by atoms with Crippen molar-refractivity contribution in [2.75, 3.05) is 6.54 Å². The number of aliphatic hydroxyl groups is 2. The number of hydrogen-bond acceptors (Lipinski definition) is 5. The third-order valence-electron chi connectivity index (χ3n) is 3.54. The van der Waals surface area contributed by atoms with Crippen LogP contribution in [0.4, 0.5) is 0 Å². The van der Waals surface area contributed by atoms with E-state index in [1.54, 1.807) is 19.1 Å². The minimum absolute atomic E-state index is 0.0389. The molecule has 0 radical (unpaired) electrons. The van der Waals surface area contributed by atoms with Gasteiger partial charge in [-0.1, -0.05) is 17.7 Å². The first-order valence-corrected chi connectivity index (χ1v) is 7.85. The molecule has 7 nitrogen and oxygen atoms in total. The van der Waals surface area contributed by atoms with Crippen molar-refractivity contribution in [3.8, 4) is 0 Å². The van der Waals surface area contributed by atoms with Crippen molar-refractivity contribution in [3.63, 3.8) is 0 Å². The lowest BCUT2D eigenvalue weighted by atomic mass is 10.00. The summed E-state index contributed by atoms with van der Waals surface area (Å²) >= 11 is 0. The monoisotopic (exact) mass is 315 g/mol. The number of carboxylic acid groups (broad SMARTS) is 1. The zero-order valence-corrected chi connectivity index (χ0v) is 12.2. The van der Waals surface area contributed by atoms with Crippen LogP contribution < -0.4 is 0 Å². The number of benzene rings is 1. The molecule has 1 saturated heterocycles. The summed E-state index contributed by atoms with van der Waals surface area (Å²) < 4.78 is 25.8. The van der Waals surface area contributed by atoms with Crippen molar-refractivity contribution in [1.82, 2.24) is 4.31 Å². The third-order valence-corrected chi connectivity index (χ3v) is 5.43. The van der Waals surface area contributed by atoms with Gasteiger partial charge in [-0.15, -0.1) is 0 Å². The van der Waals surface area contributed by atoms with Gasteiger partial charge in [0.25, 0.3) is 0 Å². The van der Waals surface area contributed by atoms with Gasteiger partial charge in [0, 0.05) is 13.0 Å². The van der Waals surface area contributed by atoms with Gasteiger partial charge in [0.2, 0.25) is 10.0 Å². The van der Waals surface area contributed by atoms with Gasteiger partial charge in [0.15, 0.2) is 0 Å². The van der Waals surface area contributed by atoms with E-state index in [0.717, 1.165) is 9.87 Å². The van der Waals surface area contributed by atoms with Gasteiger partial charge in [0.05, 0.1) is 17.1 Å². The van der Waals surface area contributed by atoms with E-state index < -0.39 is 40.8 Å². The van der Waals surface area contributed by atoms with Crippen LogP contribution in [0.3, 0.4) is 0 Å². The molecule has 3 atom stereocenters. The standard InChI is InChI=1S/C13H17NO6S/c1-8-2-4-9(5-3-8)21(19,20)14-7-12(16)11(15)6-10(14)13(17)18/h2-5,10-12,15-16H,6-7H2,1H3,(H,17,18)/t10-,11+,12-/m0/s1. The van der Waals surface area contributed by atoms with E-state index in [4.69, 9.17) is 5.11 Å². The molecule has 1 aromatic rings. The van der Waals surface area contributed by atoms with Crippen molar-refractivity contribution in [3.05, 3.63) is 29.8 Å². The van der Waals surface area contributed by atoms with Gasteiger partial charge in [0.1, 0.15) is 6.04 Å². The Morgan fingerprint density at radius 2 is 1.76 bits per heavy atom. The van der Waals surface area contributed by atoms with E-state index >= 15 is 0 Å². The SMILES string of the molecule is Cc1ccc(S(=O)(=O)N2C[C@H](O)[C@H](O)C[C@H]2C(=O)O)cc1. The molecule has 0 aromatic heterocycles. The first kappa shape index (κ1) is 15.9. The van der Waals surface area contributed by atoms with E-state index in [1.807, 2.05) is 0 Å². The average Bonchev–Trinajstić information content (AvgIpc) is 2.41. The normalized spacial score (nSPS) is 27.5. The fourth-order valence-electron chi connectivity index (χ4n) is 2.27. The molecule has 0 spiro atoms. The Bertz CT molecular complexity index is 627. The predicted molar refractivity (Wildman–Crippen MR) is 73.1 cm³/mol. The van der Waals surface area contributed by atoms with Gasteiger partial charge < -0.3 is 15.3 Å². The van der Waals surface area contributed by atoms with Crippen LogP contribution in [0.25, 0.3) is 0 Å². The summed E-state index contributed by atoms with van der Waals surface area (Å²) in [5.74, 6) is -1.35. The molecular weight excluding hydrogens is 298 g/mol. The number of aryl methyl sites for hydroxylation is 1. The summed E-state index contributed by atoms with van der Waals surface area (Å²) in [6.45, 7) is 1.35. The van der Waals surface area contributed by atoms with Gasteiger partial charge in [-0.3, -0.25) is 4.79 Å². The van der Waals surface area contributed by atoms with Crippen LogP contribution in [-0.4, -0.2) is 58.8 Å². The van der Waals surface area contributed by atoms with Crippen molar-refractivity contribution in [2.45, 2.75) is 36.5 Å². The number of piperidine rings is 1. The quantitative estimate of drug-likeness (QED) is 0.697. The Kier molecular flexibility index (Phi) is 4.33. The molecule has 3 N–H and O–H groups in total. The van der Waals surface area contributed by atoms with Crippen LogP contribution in [0.2, 0.25) is 0 Å². The topological polar surface area (TPSA) is 115 Å². The highest BCUT2D eigenvalue weighted by Crippen LogP contribution is 2.26. The first-order chi connectivity index (χ1) is 9.73. The van der Waals surface area contributed by atoms with E-state index in [2.05, 4.69) is 0 Å². The van der Waals surface area contributed by atoms with E-state index in [0.29, 0.717) is 0 Å². The minimum atomic E-state index is -4.05. The number of hydrogen-bond donors (Lipinski definition) is 3. The lowest BCUT2D eigenvalue weighted by Crippen LogP contribution is -2.57. The molecule has 21 heavy (non-hydrogen) atoms. The van der Waals surface area contributed by atoms with Gasteiger partial charge in [-0.05, 0) is 19.1 Å². The molecule has 0 aliphatic carbocycles. The molecule has 1 aliphatic rings. The molecule has 2 rings (SSSR count). The maximum atomic E-state index is 12.5. The zero-order chi connectivity index (χ0) is 15.8. The largest absolute Gasteiger partial charge is 0.480 e. The Balaban J connectivity index is 2.40. The second kappa shape index (κ2) is 5.72. The fourth-order valence-corrected chi connectivity index (χ4v) is 3.88. The minimum Gasteiger partial charge on any atom is -0.480 e. The summed E-state index contributed by atoms with van der Waals surface area (Å²) in [6.07, 6.45) is -2.90. The van der Waals surface area contributed by atoms with Crippen LogP contribution in [-0.2, 0) is 14.8 Å². The number of sulfonamides is 1. The predicted octanol–water partition coefficient (Wildman–Crippen LogP) is -0.436. The maximum Gasteiger partial charge on any atom is 0.322 e. The molecule has 0 amide bonds. The molecule has 1 fully saturated rings. The molecule has 0 saturated carbocycles. The molecule has 1 aliphatic heterocycles.